The number of nitrogens with zero attached hydrogens (tertiary/aromatic N) is 1. The molecule has 1 aromatic carbocycles. The Morgan fingerprint density at radius 1 is 1.23 bits per heavy atom. The second-order valence-corrected chi connectivity index (χ2v) is 5.16. The molecule has 0 fully saturated rings. The molecule has 138 valence electrons. The molecule has 0 aliphatic heterocycles. The van der Waals surface area contributed by atoms with Crippen molar-refractivity contribution in [2.24, 2.45) is 0 Å². The molecular weight excluding hydrogens is 353 g/mol. The first-order chi connectivity index (χ1) is 12.2. The van der Waals surface area contributed by atoms with E-state index in [1.807, 2.05) is 0 Å². The molecular formula is C17H15F3N2O4. The molecule has 2 aromatic rings. The summed E-state index contributed by atoms with van der Waals surface area (Å²) in [7, 11) is 0. The van der Waals surface area contributed by atoms with E-state index in [1.54, 1.807) is 6.92 Å². The topological polar surface area (TPSA) is 88.5 Å². The third-order valence-corrected chi connectivity index (χ3v) is 3.30. The number of halogens is 3. The van der Waals surface area contributed by atoms with Gasteiger partial charge in [-0.25, -0.2) is 4.98 Å². The first-order valence-corrected chi connectivity index (χ1v) is 7.53. The van der Waals surface area contributed by atoms with Crippen LogP contribution in [0.5, 0.6) is 5.75 Å². The van der Waals surface area contributed by atoms with Crippen molar-refractivity contribution in [3.63, 3.8) is 0 Å². The maximum absolute atomic E-state index is 12.8. The van der Waals surface area contributed by atoms with Crippen molar-refractivity contribution in [3.05, 3.63) is 47.8 Å². The van der Waals surface area contributed by atoms with Crippen LogP contribution in [0.4, 0.5) is 13.2 Å². The van der Waals surface area contributed by atoms with Crippen molar-refractivity contribution in [1.82, 2.24) is 10.3 Å². The van der Waals surface area contributed by atoms with Crippen LogP contribution in [0.1, 0.15) is 23.0 Å². The molecule has 6 nitrogen and oxygen atoms in total. The molecule has 1 amide bonds. The number of alkyl halides is 3. The molecule has 0 aliphatic rings. The molecule has 26 heavy (non-hydrogen) atoms. The second kappa shape index (κ2) is 7.85. The summed E-state index contributed by atoms with van der Waals surface area (Å²) in [5.74, 6) is -1.99. The van der Waals surface area contributed by atoms with E-state index in [1.165, 1.54) is 12.1 Å². The van der Waals surface area contributed by atoms with Gasteiger partial charge >= 0.3 is 12.1 Å². The summed E-state index contributed by atoms with van der Waals surface area (Å²) < 4.78 is 43.0. The van der Waals surface area contributed by atoms with Gasteiger partial charge in [0.1, 0.15) is 12.3 Å². The highest BCUT2D eigenvalue weighted by Gasteiger charge is 2.30. The molecule has 1 aromatic heterocycles. The fourth-order valence-corrected chi connectivity index (χ4v) is 2.11. The Kier molecular flexibility index (Phi) is 5.81. The lowest BCUT2D eigenvalue weighted by atomic mass is 10.0. The number of aromatic nitrogens is 1. The van der Waals surface area contributed by atoms with Gasteiger partial charge in [0.05, 0.1) is 12.2 Å². The molecule has 0 bridgehead atoms. The minimum absolute atomic E-state index is 0.157. The average Bonchev–Trinajstić information content (AvgIpc) is 2.59. The zero-order chi connectivity index (χ0) is 19.3. The SMILES string of the molecule is CCOC(=O)CNC(=O)c1ncc(-c2cccc(C(F)(F)F)c2)cc1O. The van der Waals surface area contributed by atoms with Gasteiger partial charge in [0.2, 0.25) is 0 Å². The number of rotatable bonds is 5. The minimum atomic E-state index is -4.50. The third-order valence-electron chi connectivity index (χ3n) is 3.30. The monoisotopic (exact) mass is 368 g/mol. The van der Waals surface area contributed by atoms with Gasteiger partial charge < -0.3 is 15.2 Å². The maximum Gasteiger partial charge on any atom is 0.416 e. The highest BCUT2D eigenvalue weighted by Crippen LogP contribution is 2.33. The van der Waals surface area contributed by atoms with Gasteiger partial charge in [-0.3, -0.25) is 9.59 Å². The van der Waals surface area contributed by atoms with Gasteiger partial charge in [0, 0.05) is 11.8 Å². The molecule has 0 saturated carbocycles. The van der Waals surface area contributed by atoms with Crippen LogP contribution >= 0.6 is 0 Å². The van der Waals surface area contributed by atoms with Crippen molar-refractivity contribution in [2.45, 2.75) is 13.1 Å². The number of pyridine rings is 1. The molecule has 0 unspecified atom stereocenters. The van der Waals surface area contributed by atoms with E-state index in [4.69, 9.17) is 0 Å². The van der Waals surface area contributed by atoms with Crippen LogP contribution in [0, 0.1) is 0 Å². The normalized spacial score (nSPS) is 11.1. The largest absolute Gasteiger partial charge is 0.505 e. The number of carbonyl (C=O) groups excluding carboxylic acids is 2. The fraction of sp³-hybridized carbons (Fsp3) is 0.235. The highest BCUT2D eigenvalue weighted by atomic mass is 19.4. The highest BCUT2D eigenvalue weighted by molar-refractivity contribution is 5.96. The molecule has 1 heterocycles. The number of hydrogen-bond acceptors (Lipinski definition) is 5. The van der Waals surface area contributed by atoms with Gasteiger partial charge in [-0.2, -0.15) is 13.2 Å². The van der Waals surface area contributed by atoms with Gasteiger partial charge in [0.25, 0.3) is 5.91 Å². The van der Waals surface area contributed by atoms with Crippen molar-refractivity contribution in [3.8, 4) is 16.9 Å². The first-order valence-electron chi connectivity index (χ1n) is 7.53. The number of carbonyl (C=O) groups is 2. The first kappa shape index (κ1) is 19.2. The lowest BCUT2D eigenvalue weighted by Gasteiger charge is -2.10. The van der Waals surface area contributed by atoms with Crippen LogP contribution in [0.2, 0.25) is 0 Å². The quantitative estimate of drug-likeness (QED) is 0.793. The van der Waals surface area contributed by atoms with E-state index >= 15 is 0 Å². The van der Waals surface area contributed by atoms with E-state index in [0.717, 1.165) is 24.4 Å². The molecule has 0 saturated heterocycles. The average molecular weight is 368 g/mol. The predicted molar refractivity (Wildman–Crippen MR) is 85.3 cm³/mol. The van der Waals surface area contributed by atoms with Crippen LogP contribution < -0.4 is 5.32 Å². The predicted octanol–water partition coefficient (Wildman–Crippen LogP) is 2.77. The van der Waals surface area contributed by atoms with Gasteiger partial charge in [-0.1, -0.05) is 12.1 Å². The van der Waals surface area contributed by atoms with E-state index in [2.05, 4.69) is 15.0 Å². The molecule has 2 N–H and O–H groups in total. The van der Waals surface area contributed by atoms with Gasteiger partial charge in [-0.05, 0) is 30.7 Å². The van der Waals surface area contributed by atoms with E-state index < -0.39 is 35.9 Å². The van der Waals surface area contributed by atoms with Crippen LogP contribution in [0.25, 0.3) is 11.1 Å². The number of esters is 1. The third kappa shape index (κ3) is 4.71. The lowest BCUT2D eigenvalue weighted by molar-refractivity contribution is -0.142. The molecule has 2 rings (SSSR count). The Labute approximate surface area is 146 Å². The molecule has 0 radical (unpaired) electrons. The smallest absolute Gasteiger partial charge is 0.416 e. The molecule has 0 atom stereocenters. The Hall–Kier alpha value is -3.10. The van der Waals surface area contributed by atoms with Gasteiger partial charge in [-0.15, -0.1) is 0 Å². The molecule has 0 aliphatic carbocycles. The maximum atomic E-state index is 12.8. The minimum Gasteiger partial charge on any atom is -0.505 e. The Morgan fingerprint density at radius 3 is 2.58 bits per heavy atom. The number of amides is 1. The van der Waals surface area contributed by atoms with Crippen LogP contribution in [-0.4, -0.2) is 35.1 Å². The second-order valence-electron chi connectivity index (χ2n) is 5.16. The van der Waals surface area contributed by atoms with E-state index in [9.17, 15) is 27.9 Å². The summed E-state index contributed by atoms with van der Waals surface area (Å²) in [6.07, 6.45) is -3.34. The zero-order valence-electron chi connectivity index (χ0n) is 13.6. The summed E-state index contributed by atoms with van der Waals surface area (Å²) in [5, 5.41) is 12.2. The molecule has 9 heteroatoms. The Balaban J connectivity index is 2.19. The molecule has 0 spiro atoms. The number of aromatic hydroxyl groups is 1. The number of hydrogen-bond donors (Lipinski definition) is 2. The Morgan fingerprint density at radius 2 is 1.96 bits per heavy atom. The summed E-state index contributed by atoms with van der Waals surface area (Å²) >= 11 is 0. The van der Waals surface area contributed by atoms with E-state index in [0.29, 0.717) is 0 Å². The van der Waals surface area contributed by atoms with Crippen molar-refractivity contribution >= 4 is 11.9 Å². The summed E-state index contributed by atoms with van der Waals surface area (Å²) in [5.41, 5.74) is -0.813. The van der Waals surface area contributed by atoms with Crippen LogP contribution in [0.3, 0.4) is 0 Å². The van der Waals surface area contributed by atoms with Crippen molar-refractivity contribution in [2.75, 3.05) is 13.2 Å². The fourth-order valence-electron chi connectivity index (χ4n) is 2.11. The standard InChI is InChI=1S/C17H15F3N2O4/c1-2-26-14(24)9-22-16(25)15-13(23)7-11(8-21-15)10-4-3-5-12(6-10)17(18,19)20/h3-8,23H,2,9H2,1H3,(H,22,25). The summed E-state index contributed by atoms with van der Waals surface area (Å²) in [6, 6.07) is 5.62. The van der Waals surface area contributed by atoms with E-state index in [-0.39, 0.29) is 23.4 Å². The number of benzene rings is 1. The lowest BCUT2D eigenvalue weighted by Crippen LogP contribution is -2.31. The number of nitrogens with one attached hydrogen (secondary N) is 1. The summed E-state index contributed by atoms with van der Waals surface area (Å²) in [6.45, 7) is 1.37. The summed E-state index contributed by atoms with van der Waals surface area (Å²) in [4.78, 5) is 26.9. The van der Waals surface area contributed by atoms with Crippen molar-refractivity contribution < 1.29 is 32.6 Å². The Bertz CT molecular complexity index is 822. The number of ether oxygens (including phenoxy) is 1. The zero-order valence-corrected chi connectivity index (χ0v) is 13.6. The van der Waals surface area contributed by atoms with Crippen LogP contribution in [-0.2, 0) is 15.7 Å². The van der Waals surface area contributed by atoms with Crippen LogP contribution in [0.15, 0.2) is 36.5 Å². The van der Waals surface area contributed by atoms with Gasteiger partial charge in [0.15, 0.2) is 5.69 Å². The van der Waals surface area contributed by atoms with Crippen molar-refractivity contribution in [1.29, 1.82) is 0 Å².